The molecule has 33 heavy (non-hydrogen) atoms. The number of para-hydroxylation sites is 1. The maximum Gasteiger partial charge on any atom is 0.252 e. The van der Waals surface area contributed by atoms with E-state index in [4.69, 9.17) is 14.5 Å². The number of carbonyl (C=O) groups excluding carboxylic acids is 1. The molecule has 0 saturated heterocycles. The zero-order valence-corrected chi connectivity index (χ0v) is 20.0. The van der Waals surface area contributed by atoms with Gasteiger partial charge in [-0.25, -0.2) is 4.98 Å². The fourth-order valence-electron chi connectivity index (χ4n) is 4.72. The molecule has 174 valence electrons. The highest BCUT2D eigenvalue weighted by atomic mass is 16.5. The van der Waals surface area contributed by atoms with Crippen LogP contribution in [0, 0.1) is 0 Å². The van der Waals surface area contributed by atoms with Crippen LogP contribution in [0.1, 0.15) is 41.8 Å². The molecule has 1 aliphatic carbocycles. The second-order valence-corrected chi connectivity index (χ2v) is 8.33. The Morgan fingerprint density at radius 1 is 1.06 bits per heavy atom. The van der Waals surface area contributed by atoms with Gasteiger partial charge in [-0.15, -0.1) is 0 Å². The third kappa shape index (κ3) is 4.53. The first-order valence-electron chi connectivity index (χ1n) is 11.8. The van der Waals surface area contributed by atoms with Gasteiger partial charge in [0, 0.05) is 17.5 Å². The van der Waals surface area contributed by atoms with Crippen molar-refractivity contribution in [3.8, 4) is 22.8 Å². The van der Waals surface area contributed by atoms with Crippen LogP contribution >= 0.6 is 0 Å². The molecule has 6 heteroatoms. The molecule has 1 heterocycles. The van der Waals surface area contributed by atoms with Gasteiger partial charge in [0.1, 0.15) is 0 Å². The average Bonchev–Trinajstić information content (AvgIpc) is 2.86. The van der Waals surface area contributed by atoms with Gasteiger partial charge in [-0.05, 0) is 68.2 Å². The zero-order valence-electron chi connectivity index (χ0n) is 20.0. The summed E-state index contributed by atoms with van der Waals surface area (Å²) < 4.78 is 11.0. The van der Waals surface area contributed by atoms with Crippen molar-refractivity contribution in [3.63, 3.8) is 0 Å². The molecule has 2 aromatic carbocycles. The van der Waals surface area contributed by atoms with Crippen molar-refractivity contribution in [3.05, 3.63) is 53.1 Å². The first-order valence-corrected chi connectivity index (χ1v) is 11.8. The molecule has 0 fully saturated rings. The molecule has 3 aromatic rings. The van der Waals surface area contributed by atoms with Crippen LogP contribution in [0.15, 0.2) is 36.4 Å². The van der Waals surface area contributed by atoms with Gasteiger partial charge in [-0.2, -0.15) is 0 Å². The molecule has 0 radical (unpaired) electrons. The van der Waals surface area contributed by atoms with Crippen LogP contribution in [-0.4, -0.2) is 56.2 Å². The Bertz CT molecular complexity index is 1160. The van der Waals surface area contributed by atoms with Crippen LogP contribution in [0.2, 0.25) is 0 Å². The van der Waals surface area contributed by atoms with E-state index in [1.165, 1.54) is 0 Å². The topological polar surface area (TPSA) is 63.7 Å². The summed E-state index contributed by atoms with van der Waals surface area (Å²) in [5.41, 5.74) is 5.62. The molecular formula is C27H33N3O3. The minimum atomic E-state index is -0.0201. The van der Waals surface area contributed by atoms with Gasteiger partial charge in [0.15, 0.2) is 11.5 Å². The summed E-state index contributed by atoms with van der Waals surface area (Å²) in [6, 6.07) is 11.9. The number of pyridine rings is 1. The summed E-state index contributed by atoms with van der Waals surface area (Å²) in [4.78, 5) is 20.8. The number of ether oxygens (including phenoxy) is 2. The number of nitrogens with zero attached hydrogens (tertiary/aromatic N) is 2. The Morgan fingerprint density at radius 2 is 1.79 bits per heavy atom. The Hall–Kier alpha value is -3.12. The van der Waals surface area contributed by atoms with Gasteiger partial charge in [-0.3, -0.25) is 4.79 Å². The molecule has 0 unspecified atom stereocenters. The molecule has 0 saturated carbocycles. The van der Waals surface area contributed by atoms with Gasteiger partial charge < -0.3 is 19.7 Å². The third-order valence-corrected chi connectivity index (χ3v) is 6.56. The van der Waals surface area contributed by atoms with Crippen molar-refractivity contribution in [1.29, 1.82) is 0 Å². The largest absolute Gasteiger partial charge is 0.493 e. The van der Waals surface area contributed by atoms with Gasteiger partial charge in [-0.1, -0.05) is 32.0 Å². The smallest absolute Gasteiger partial charge is 0.252 e. The van der Waals surface area contributed by atoms with E-state index in [2.05, 4.69) is 24.1 Å². The number of nitrogens with one attached hydrogen (secondary N) is 1. The summed E-state index contributed by atoms with van der Waals surface area (Å²) in [6.07, 6.45) is 2.52. The van der Waals surface area contributed by atoms with Crippen LogP contribution in [-0.2, 0) is 12.8 Å². The number of amides is 1. The molecular weight excluding hydrogens is 414 g/mol. The number of methoxy groups -OCH3 is 2. The lowest BCUT2D eigenvalue weighted by Gasteiger charge is -2.24. The number of hydrogen-bond acceptors (Lipinski definition) is 5. The minimum Gasteiger partial charge on any atom is -0.493 e. The lowest BCUT2D eigenvalue weighted by molar-refractivity contribution is 0.0952. The van der Waals surface area contributed by atoms with Crippen LogP contribution < -0.4 is 14.8 Å². The second-order valence-electron chi connectivity index (χ2n) is 8.33. The van der Waals surface area contributed by atoms with E-state index >= 15 is 0 Å². The van der Waals surface area contributed by atoms with E-state index in [1.54, 1.807) is 14.2 Å². The SMILES string of the molecule is CCN(CC)CCCNC(=O)c1c2c(nc3ccccc13)-c1cc(OC)c(OC)cc1CC2. The molecule has 0 spiro atoms. The van der Waals surface area contributed by atoms with Crippen molar-refractivity contribution in [2.75, 3.05) is 40.4 Å². The fraction of sp³-hybridized carbons (Fsp3) is 0.407. The summed E-state index contributed by atoms with van der Waals surface area (Å²) in [5, 5.41) is 4.08. The van der Waals surface area contributed by atoms with Crippen LogP contribution in [0.4, 0.5) is 0 Å². The number of hydrogen-bond donors (Lipinski definition) is 1. The summed E-state index contributed by atoms with van der Waals surface area (Å²) in [6.45, 7) is 8.03. The molecule has 4 rings (SSSR count). The highest BCUT2D eigenvalue weighted by molar-refractivity contribution is 6.09. The second kappa shape index (κ2) is 10.2. The summed E-state index contributed by atoms with van der Waals surface area (Å²) in [5.74, 6) is 1.36. The Morgan fingerprint density at radius 3 is 2.52 bits per heavy atom. The Labute approximate surface area is 195 Å². The van der Waals surface area contributed by atoms with E-state index in [0.717, 1.165) is 77.7 Å². The quantitative estimate of drug-likeness (QED) is 0.490. The standard InChI is InChI=1S/C27H33N3O3/c1-5-30(6-2)15-9-14-28-27(31)25-19-10-7-8-11-22(19)29-26-20(25)13-12-18-16-23(32-3)24(33-4)17-21(18)26/h7-8,10-11,16-17H,5-6,9,12-15H2,1-4H3,(H,28,31). The van der Waals surface area contributed by atoms with Crippen molar-refractivity contribution < 1.29 is 14.3 Å². The summed E-state index contributed by atoms with van der Waals surface area (Å²) in [7, 11) is 3.29. The molecule has 1 aromatic heterocycles. The van der Waals surface area contributed by atoms with Gasteiger partial charge >= 0.3 is 0 Å². The lowest BCUT2D eigenvalue weighted by atomic mass is 9.84. The molecule has 1 N–H and O–H groups in total. The first-order chi connectivity index (χ1) is 16.1. The predicted molar refractivity (Wildman–Crippen MR) is 132 cm³/mol. The number of aromatic nitrogens is 1. The maximum absolute atomic E-state index is 13.5. The molecule has 6 nitrogen and oxygen atoms in total. The van der Waals surface area contributed by atoms with Crippen molar-refractivity contribution in [1.82, 2.24) is 15.2 Å². The number of carbonyl (C=O) groups is 1. The molecule has 0 bridgehead atoms. The number of rotatable bonds is 9. The van der Waals surface area contributed by atoms with Crippen molar-refractivity contribution >= 4 is 16.8 Å². The normalized spacial score (nSPS) is 12.4. The van der Waals surface area contributed by atoms with Crippen LogP contribution in [0.25, 0.3) is 22.2 Å². The monoisotopic (exact) mass is 447 g/mol. The highest BCUT2D eigenvalue weighted by Gasteiger charge is 2.27. The van der Waals surface area contributed by atoms with E-state index in [1.807, 2.05) is 36.4 Å². The Balaban J connectivity index is 1.72. The maximum atomic E-state index is 13.5. The Kier molecular flexibility index (Phi) is 7.14. The predicted octanol–water partition coefficient (Wildman–Crippen LogP) is 4.48. The lowest BCUT2D eigenvalue weighted by Crippen LogP contribution is -2.31. The molecule has 1 aliphatic rings. The van der Waals surface area contributed by atoms with E-state index in [0.29, 0.717) is 18.0 Å². The van der Waals surface area contributed by atoms with Crippen LogP contribution in [0.3, 0.4) is 0 Å². The van der Waals surface area contributed by atoms with Crippen LogP contribution in [0.5, 0.6) is 11.5 Å². The minimum absolute atomic E-state index is 0.0201. The molecule has 0 aliphatic heterocycles. The summed E-state index contributed by atoms with van der Waals surface area (Å²) >= 11 is 0. The van der Waals surface area contributed by atoms with Crippen molar-refractivity contribution in [2.24, 2.45) is 0 Å². The molecule has 0 atom stereocenters. The van der Waals surface area contributed by atoms with E-state index in [-0.39, 0.29) is 5.91 Å². The van der Waals surface area contributed by atoms with E-state index < -0.39 is 0 Å². The van der Waals surface area contributed by atoms with Gasteiger partial charge in [0.25, 0.3) is 5.91 Å². The zero-order chi connectivity index (χ0) is 23.4. The molecule has 1 amide bonds. The number of benzene rings is 2. The fourth-order valence-corrected chi connectivity index (χ4v) is 4.72. The average molecular weight is 448 g/mol. The third-order valence-electron chi connectivity index (χ3n) is 6.56. The highest BCUT2D eigenvalue weighted by Crippen LogP contribution is 2.42. The first kappa shape index (κ1) is 23.1. The number of fused-ring (bicyclic) bond motifs is 4. The van der Waals surface area contributed by atoms with Gasteiger partial charge in [0.2, 0.25) is 0 Å². The number of aryl methyl sites for hydroxylation is 1. The van der Waals surface area contributed by atoms with Crippen molar-refractivity contribution in [2.45, 2.75) is 33.1 Å². The van der Waals surface area contributed by atoms with Gasteiger partial charge in [0.05, 0.1) is 31.0 Å². The van der Waals surface area contributed by atoms with E-state index in [9.17, 15) is 4.79 Å².